The van der Waals surface area contributed by atoms with Crippen LogP contribution < -0.4 is 10.1 Å². The normalized spacial score (nSPS) is 18.6. The fourth-order valence-electron chi connectivity index (χ4n) is 4.54. The van der Waals surface area contributed by atoms with E-state index in [0.29, 0.717) is 31.9 Å². The van der Waals surface area contributed by atoms with Crippen LogP contribution >= 0.6 is 0 Å². The lowest BCUT2D eigenvalue weighted by atomic mass is 10.0. The van der Waals surface area contributed by atoms with Gasteiger partial charge in [-0.05, 0) is 55.6 Å². The number of benzene rings is 1. The average molecular weight is 448 g/mol. The second-order valence-corrected chi connectivity index (χ2v) is 8.96. The number of carbonyl (C=O) groups is 2. The van der Waals surface area contributed by atoms with Gasteiger partial charge in [0.15, 0.2) is 0 Å². The fraction of sp³-hybridized carbons (Fsp3) is 0.400. The van der Waals surface area contributed by atoms with Crippen molar-refractivity contribution in [2.45, 2.75) is 32.4 Å². The molecule has 1 unspecified atom stereocenters. The summed E-state index contributed by atoms with van der Waals surface area (Å²) < 4.78 is 7.54. The number of aromatic nitrogens is 2. The molecular formula is C25H29N5O3. The number of nitrogens with one attached hydrogen (secondary N) is 1. The summed E-state index contributed by atoms with van der Waals surface area (Å²) in [6, 6.07) is 9.57. The number of rotatable bonds is 4. The van der Waals surface area contributed by atoms with Crippen LogP contribution in [0.5, 0.6) is 5.75 Å². The summed E-state index contributed by atoms with van der Waals surface area (Å²) in [6.45, 7) is 4.76. The Bertz CT molecular complexity index is 1200. The third-order valence-electron chi connectivity index (χ3n) is 6.50. The first-order valence-corrected chi connectivity index (χ1v) is 11.4. The number of imidazole rings is 1. The Kier molecular flexibility index (Phi) is 5.76. The van der Waals surface area contributed by atoms with E-state index in [2.05, 4.69) is 16.4 Å². The Balaban J connectivity index is 1.24. The van der Waals surface area contributed by atoms with Crippen molar-refractivity contribution < 1.29 is 14.3 Å². The molecule has 1 fully saturated rings. The number of aryl methyl sites for hydroxylation is 2. The maximum absolute atomic E-state index is 13.1. The summed E-state index contributed by atoms with van der Waals surface area (Å²) in [5, 5.41) is 3.05. The molecule has 1 N–H and O–H groups in total. The highest BCUT2D eigenvalue weighted by Gasteiger charge is 2.33. The zero-order chi connectivity index (χ0) is 22.9. The standard InChI is InChI=1S/C25H29N5O3/c1-17-5-8-23-27-20(15-30(23)14-17)25(32)29-10-9-28(2)21(16-29)24(31)26-13-18-6-7-22-19(12-18)4-3-11-33-22/h5-8,12,14-15,21H,3-4,9-11,13,16H2,1-2H3,(H,26,31). The molecule has 1 atom stereocenters. The first-order chi connectivity index (χ1) is 16.0. The minimum Gasteiger partial charge on any atom is -0.493 e. The number of carbonyl (C=O) groups excluding carboxylic acids is 2. The number of likely N-dealkylation sites (N-methyl/N-ethyl adjacent to an activating group) is 1. The van der Waals surface area contributed by atoms with Gasteiger partial charge in [0.25, 0.3) is 5.91 Å². The minimum absolute atomic E-state index is 0.0744. The van der Waals surface area contributed by atoms with Gasteiger partial charge in [-0.15, -0.1) is 0 Å². The molecule has 3 aromatic rings. The number of hydrogen-bond donors (Lipinski definition) is 1. The van der Waals surface area contributed by atoms with E-state index in [1.807, 2.05) is 53.7 Å². The molecule has 2 aromatic heterocycles. The fourth-order valence-corrected chi connectivity index (χ4v) is 4.54. The number of ether oxygens (including phenoxy) is 1. The lowest BCUT2D eigenvalue weighted by Gasteiger charge is -2.38. The van der Waals surface area contributed by atoms with E-state index in [1.165, 1.54) is 5.56 Å². The Hall–Kier alpha value is -3.39. The largest absolute Gasteiger partial charge is 0.493 e. The van der Waals surface area contributed by atoms with Crippen LogP contribution in [0.15, 0.2) is 42.7 Å². The van der Waals surface area contributed by atoms with Crippen LogP contribution in [0.4, 0.5) is 0 Å². The third kappa shape index (κ3) is 4.43. The number of amides is 2. The van der Waals surface area contributed by atoms with E-state index in [4.69, 9.17) is 4.74 Å². The molecule has 0 spiro atoms. The van der Waals surface area contributed by atoms with E-state index in [-0.39, 0.29) is 11.8 Å². The maximum atomic E-state index is 13.1. The molecule has 2 aliphatic rings. The molecule has 0 radical (unpaired) electrons. The molecule has 0 aliphatic carbocycles. The molecular weight excluding hydrogens is 418 g/mol. The summed E-state index contributed by atoms with van der Waals surface area (Å²) in [7, 11) is 1.93. The van der Waals surface area contributed by atoms with Crippen LogP contribution in [0, 0.1) is 6.92 Å². The van der Waals surface area contributed by atoms with Gasteiger partial charge in [-0.25, -0.2) is 4.98 Å². The zero-order valence-corrected chi connectivity index (χ0v) is 19.1. The van der Waals surface area contributed by atoms with Crippen molar-refractivity contribution in [1.82, 2.24) is 24.5 Å². The summed E-state index contributed by atoms with van der Waals surface area (Å²) in [5.41, 5.74) is 4.49. The maximum Gasteiger partial charge on any atom is 0.274 e. The minimum atomic E-state index is -0.400. The van der Waals surface area contributed by atoms with Gasteiger partial charge in [-0.2, -0.15) is 0 Å². The average Bonchev–Trinajstić information content (AvgIpc) is 3.25. The van der Waals surface area contributed by atoms with Crippen molar-refractivity contribution in [2.24, 2.45) is 0 Å². The Labute approximate surface area is 193 Å². The van der Waals surface area contributed by atoms with Crippen LogP contribution in [0.25, 0.3) is 5.65 Å². The molecule has 8 nitrogen and oxygen atoms in total. The molecule has 8 heteroatoms. The van der Waals surface area contributed by atoms with E-state index in [1.54, 1.807) is 11.1 Å². The monoisotopic (exact) mass is 447 g/mol. The lowest BCUT2D eigenvalue weighted by Crippen LogP contribution is -2.58. The van der Waals surface area contributed by atoms with Gasteiger partial charge in [0, 0.05) is 38.6 Å². The molecule has 1 aromatic carbocycles. The first kappa shape index (κ1) is 21.5. The zero-order valence-electron chi connectivity index (χ0n) is 19.1. The third-order valence-corrected chi connectivity index (χ3v) is 6.50. The molecule has 2 aliphatic heterocycles. The van der Waals surface area contributed by atoms with Crippen LogP contribution in [-0.4, -0.2) is 70.3 Å². The van der Waals surface area contributed by atoms with Gasteiger partial charge in [0.2, 0.25) is 5.91 Å². The topological polar surface area (TPSA) is 79.2 Å². The smallest absolute Gasteiger partial charge is 0.274 e. The predicted molar refractivity (Wildman–Crippen MR) is 124 cm³/mol. The summed E-state index contributed by atoms with van der Waals surface area (Å²) >= 11 is 0. The van der Waals surface area contributed by atoms with Gasteiger partial charge in [-0.1, -0.05) is 18.2 Å². The highest BCUT2D eigenvalue weighted by molar-refractivity contribution is 5.93. The molecule has 172 valence electrons. The molecule has 1 saturated heterocycles. The van der Waals surface area contributed by atoms with E-state index in [9.17, 15) is 9.59 Å². The molecule has 0 bridgehead atoms. The number of hydrogen-bond acceptors (Lipinski definition) is 5. The van der Waals surface area contributed by atoms with Gasteiger partial charge in [-0.3, -0.25) is 14.5 Å². The highest BCUT2D eigenvalue weighted by atomic mass is 16.5. The van der Waals surface area contributed by atoms with Crippen LogP contribution in [0.1, 0.15) is 33.6 Å². The summed E-state index contributed by atoms with van der Waals surface area (Å²) in [5.74, 6) is 0.728. The number of fused-ring (bicyclic) bond motifs is 2. The van der Waals surface area contributed by atoms with E-state index in [0.717, 1.165) is 42.0 Å². The summed E-state index contributed by atoms with van der Waals surface area (Å²) in [4.78, 5) is 34.4. The number of pyridine rings is 1. The Morgan fingerprint density at radius 3 is 2.94 bits per heavy atom. The second kappa shape index (κ2) is 8.86. The SMILES string of the molecule is Cc1ccc2nc(C(=O)N3CCN(C)C(C(=O)NCc4ccc5c(c4)CCCO5)C3)cn2c1. The van der Waals surface area contributed by atoms with Crippen LogP contribution in [0.3, 0.4) is 0 Å². The van der Waals surface area contributed by atoms with E-state index < -0.39 is 6.04 Å². The highest BCUT2D eigenvalue weighted by Crippen LogP contribution is 2.25. The van der Waals surface area contributed by atoms with Crippen LogP contribution in [-0.2, 0) is 17.8 Å². The lowest BCUT2D eigenvalue weighted by molar-refractivity contribution is -0.127. The molecule has 2 amide bonds. The molecule has 33 heavy (non-hydrogen) atoms. The van der Waals surface area contributed by atoms with Crippen molar-refractivity contribution in [3.8, 4) is 5.75 Å². The van der Waals surface area contributed by atoms with Crippen molar-refractivity contribution in [1.29, 1.82) is 0 Å². The molecule has 5 rings (SSSR count). The van der Waals surface area contributed by atoms with Gasteiger partial charge in [0.1, 0.15) is 23.1 Å². The van der Waals surface area contributed by atoms with Crippen molar-refractivity contribution in [3.63, 3.8) is 0 Å². The van der Waals surface area contributed by atoms with E-state index >= 15 is 0 Å². The second-order valence-electron chi connectivity index (χ2n) is 8.96. The summed E-state index contributed by atoms with van der Waals surface area (Å²) in [6.07, 6.45) is 5.73. The Morgan fingerprint density at radius 1 is 1.18 bits per heavy atom. The van der Waals surface area contributed by atoms with Crippen molar-refractivity contribution in [2.75, 3.05) is 33.3 Å². The van der Waals surface area contributed by atoms with Crippen LogP contribution in [0.2, 0.25) is 0 Å². The van der Waals surface area contributed by atoms with Gasteiger partial charge < -0.3 is 19.4 Å². The van der Waals surface area contributed by atoms with Gasteiger partial charge >= 0.3 is 0 Å². The molecule has 0 saturated carbocycles. The number of piperazine rings is 1. The first-order valence-electron chi connectivity index (χ1n) is 11.4. The molecule has 4 heterocycles. The predicted octanol–water partition coefficient (Wildman–Crippen LogP) is 2.04. The quantitative estimate of drug-likeness (QED) is 0.662. The van der Waals surface area contributed by atoms with Crippen molar-refractivity contribution >= 4 is 17.5 Å². The Morgan fingerprint density at radius 2 is 2.06 bits per heavy atom. The van der Waals surface area contributed by atoms with Crippen molar-refractivity contribution in [3.05, 3.63) is 65.1 Å². The van der Waals surface area contributed by atoms with Gasteiger partial charge in [0.05, 0.1) is 6.61 Å². The number of nitrogens with zero attached hydrogens (tertiary/aromatic N) is 4.